The van der Waals surface area contributed by atoms with Crippen molar-refractivity contribution in [3.63, 3.8) is 0 Å². The van der Waals surface area contributed by atoms with E-state index in [4.69, 9.17) is 11.6 Å². The second-order valence-electron chi connectivity index (χ2n) is 6.73. The Morgan fingerprint density at radius 1 is 1.03 bits per heavy atom. The van der Waals surface area contributed by atoms with Crippen molar-refractivity contribution in [3.05, 3.63) is 53.2 Å². The number of piperazine rings is 1. The van der Waals surface area contributed by atoms with Gasteiger partial charge in [-0.15, -0.1) is 0 Å². The zero-order valence-electron chi connectivity index (χ0n) is 16.6. The molecule has 1 aliphatic rings. The third-order valence-corrected chi connectivity index (χ3v) is 7.33. The number of pyridine rings is 1. The van der Waals surface area contributed by atoms with Gasteiger partial charge in [0.05, 0.1) is 9.92 Å². The van der Waals surface area contributed by atoms with Crippen molar-refractivity contribution in [2.24, 2.45) is 0 Å². The van der Waals surface area contributed by atoms with E-state index in [1.54, 1.807) is 43.1 Å². The minimum Gasteiger partial charge on any atom is -0.353 e. The highest BCUT2D eigenvalue weighted by molar-refractivity contribution is 7.89. The number of carbonyl (C=O) groups is 1. The lowest BCUT2D eigenvalue weighted by Gasteiger charge is -2.35. The van der Waals surface area contributed by atoms with E-state index in [1.807, 2.05) is 6.07 Å². The number of hydrogen-bond donors (Lipinski definition) is 0. The van der Waals surface area contributed by atoms with Gasteiger partial charge >= 0.3 is 0 Å². The summed E-state index contributed by atoms with van der Waals surface area (Å²) in [6, 6.07) is 9.87. The Balaban J connectivity index is 1.65. The van der Waals surface area contributed by atoms with Crippen LogP contribution in [0.15, 0.2) is 47.5 Å². The van der Waals surface area contributed by atoms with Crippen molar-refractivity contribution in [2.45, 2.75) is 18.7 Å². The molecule has 1 saturated heterocycles. The average molecular weight is 437 g/mol. The molecule has 2 heterocycles. The molecule has 0 bridgehead atoms. The molecule has 0 unspecified atom stereocenters. The Morgan fingerprint density at radius 3 is 2.17 bits per heavy atom. The van der Waals surface area contributed by atoms with Crippen LogP contribution >= 0.6 is 11.6 Å². The number of carbonyl (C=O) groups excluding carboxylic acids is 1. The second-order valence-corrected chi connectivity index (χ2v) is 9.10. The predicted molar refractivity (Wildman–Crippen MR) is 114 cm³/mol. The first-order valence-electron chi connectivity index (χ1n) is 9.62. The second kappa shape index (κ2) is 9.11. The molecule has 2 aromatic rings. The predicted octanol–water partition coefficient (Wildman–Crippen LogP) is 2.73. The molecule has 1 aromatic heterocycles. The Bertz CT molecular complexity index is 937. The van der Waals surface area contributed by atoms with Gasteiger partial charge in [0.15, 0.2) is 0 Å². The highest BCUT2D eigenvalue weighted by atomic mass is 35.5. The molecule has 0 radical (unpaired) electrons. The Kier molecular flexibility index (Phi) is 6.77. The first-order valence-corrected chi connectivity index (χ1v) is 11.4. The van der Waals surface area contributed by atoms with E-state index in [0.717, 1.165) is 5.82 Å². The summed E-state index contributed by atoms with van der Waals surface area (Å²) in [5.74, 6) is 0.743. The van der Waals surface area contributed by atoms with Crippen molar-refractivity contribution < 1.29 is 13.2 Å². The van der Waals surface area contributed by atoms with Crippen LogP contribution in [0.2, 0.25) is 5.02 Å². The molecule has 0 N–H and O–H groups in total. The minimum atomic E-state index is -3.52. The number of benzene rings is 1. The number of aromatic nitrogens is 1. The van der Waals surface area contributed by atoms with Crippen LogP contribution < -0.4 is 4.90 Å². The van der Waals surface area contributed by atoms with E-state index >= 15 is 0 Å². The van der Waals surface area contributed by atoms with Crippen molar-refractivity contribution in [2.75, 3.05) is 44.2 Å². The summed E-state index contributed by atoms with van der Waals surface area (Å²) >= 11 is 5.88. The molecule has 0 saturated carbocycles. The van der Waals surface area contributed by atoms with Gasteiger partial charge < -0.3 is 9.80 Å². The molecular weight excluding hydrogens is 412 g/mol. The first-order chi connectivity index (χ1) is 13.9. The summed E-state index contributed by atoms with van der Waals surface area (Å²) in [7, 11) is -3.52. The van der Waals surface area contributed by atoms with Gasteiger partial charge in [-0.25, -0.2) is 13.4 Å². The van der Waals surface area contributed by atoms with Crippen LogP contribution in [0.4, 0.5) is 5.82 Å². The Morgan fingerprint density at radius 2 is 1.66 bits per heavy atom. The lowest BCUT2D eigenvalue weighted by molar-refractivity contribution is 0.0746. The van der Waals surface area contributed by atoms with Gasteiger partial charge in [-0.2, -0.15) is 4.31 Å². The largest absolute Gasteiger partial charge is 0.353 e. The van der Waals surface area contributed by atoms with E-state index in [9.17, 15) is 13.2 Å². The normalized spacial score (nSPS) is 15.0. The molecular formula is C20H25ClN4O3S. The zero-order chi connectivity index (χ0) is 21.0. The van der Waals surface area contributed by atoms with E-state index in [0.29, 0.717) is 49.9 Å². The monoisotopic (exact) mass is 436 g/mol. The molecule has 0 aliphatic carbocycles. The molecule has 1 aromatic carbocycles. The maximum absolute atomic E-state index is 12.8. The molecule has 0 atom stereocenters. The van der Waals surface area contributed by atoms with E-state index in [-0.39, 0.29) is 10.8 Å². The van der Waals surface area contributed by atoms with Crippen LogP contribution in [-0.2, 0) is 10.0 Å². The maximum Gasteiger partial charge on any atom is 0.253 e. The summed E-state index contributed by atoms with van der Waals surface area (Å²) < 4.78 is 26.6. The van der Waals surface area contributed by atoms with Gasteiger partial charge in [0.1, 0.15) is 5.82 Å². The molecule has 29 heavy (non-hydrogen) atoms. The lowest BCUT2D eigenvalue weighted by atomic mass is 10.2. The fourth-order valence-corrected chi connectivity index (χ4v) is 4.93. The number of anilines is 1. The zero-order valence-corrected chi connectivity index (χ0v) is 18.2. The minimum absolute atomic E-state index is 0.0968. The first kappa shape index (κ1) is 21.5. The van der Waals surface area contributed by atoms with Crippen LogP contribution in [0.1, 0.15) is 24.2 Å². The summed E-state index contributed by atoms with van der Waals surface area (Å²) in [5, 5.41) is 0.592. The maximum atomic E-state index is 12.8. The summed E-state index contributed by atoms with van der Waals surface area (Å²) in [5.41, 5.74) is 0.488. The molecule has 1 fully saturated rings. The molecule has 3 rings (SSSR count). The van der Waals surface area contributed by atoms with Gasteiger partial charge in [0.25, 0.3) is 5.91 Å². The lowest BCUT2D eigenvalue weighted by Crippen LogP contribution is -2.49. The van der Waals surface area contributed by atoms with Crippen LogP contribution in [0.3, 0.4) is 0 Å². The number of rotatable bonds is 6. The molecule has 156 valence electrons. The summed E-state index contributed by atoms with van der Waals surface area (Å²) in [6.07, 6.45) is 1.61. The average Bonchev–Trinajstić information content (AvgIpc) is 2.75. The van der Waals surface area contributed by atoms with Crippen LogP contribution in [-0.4, -0.2) is 67.8 Å². The van der Waals surface area contributed by atoms with Crippen molar-refractivity contribution in [3.8, 4) is 0 Å². The molecule has 1 aliphatic heterocycles. The fraction of sp³-hybridized carbons (Fsp3) is 0.400. The van der Waals surface area contributed by atoms with Crippen LogP contribution in [0.25, 0.3) is 0 Å². The van der Waals surface area contributed by atoms with Gasteiger partial charge in [-0.3, -0.25) is 4.79 Å². The molecule has 7 nitrogen and oxygen atoms in total. The summed E-state index contributed by atoms with van der Waals surface area (Å²) in [6.45, 7) is 6.92. The van der Waals surface area contributed by atoms with E-state index in [1.165, 1.54) is 16.4 Å². The van der Waals surface area contributed by atoms with Gasteiger partial charge in [0, 0.05) is 51.0 Å². The van der Waals surface area contributed by atoms with E-state index < -0.39 is 10.0 Å². The number of hydrogen-bond acceptors (Lipinski definition) is 5. The number of halogens is 1. The number of amides is 1. The molecule has 0 spiro atoms. The SMILES string of the molecule is CCN(CC)S(=O)(=O)c1ccc(C(=O)N2CCN(c3ccc(Cl)cn3)CC2)cc1. The fourth-order valence-electron chi connectivity index (χ4n) is 3.36. The van der Waals surface area contributed by atoms with Gasteiger partial charge in [0.2, 0.25) is 10.0 Å². The van der Waals surface area contributed by atoms with Crippen molar-refractivity contribution in [1.82, 2.24) is 14.2 Å². The highest BCUT2D eigenvalue weighted by Crippen LogP contribution is 2.19. The van der Waals surface area contributed by atoms with E-state index in [2.05, 4.69) is 9.88 Å². The third-order valence-electron chi connectivity index (χ3n) is 5.05. The Labute approximate surface area is 176 Å². The van der Waals surface area contributed by atoms with Crippen molar-refractivity contribution in [1.29, 1.82) is 0 Å². The van der Waals surface area contributed by atoms with Crippen LogP contribution in [0, 0.1) is 0 Å². The van der Waals surface area contributed by atoms with Gasteiger partial charge in [-0.1, -0.05) is 25.4 Å². The standard InChI is InChI=1S/C20H25ClN4O3S/c1-3-25(4-2)29(27,28)18-8-5-16(6-9-18)20(26)24-13-11-23(12-14-24)19-10-7-17(21)15-22-19/h5-10,15H,3-4,11-14H2,1-2H3. The van der Waals surface area contributed by atoms with Crippen LogP contribution in [0.5, 0.6) is 0 Å². The smallest absolute Gasteiger partial charge is 0.253 e. The van der Waals surface area contributed by atoms with Crippen molar-refractivity contribution >= 4 is 33.3 Å². The number of nitrogens with zero attached hydrogens (tertiary/aromatic N) is 4. The van der Waals surface area contributed by atoms with Gasteiger partial charge in [-0.05, 0) is 36.4 Å². The molecule has 1 amide bonds. The molecule has 9 heteroatoms. The Hall–Kier alpha value is -2.16. The quantitative estimate of drug-likeness (QED) is 0.696. The highest BCUT2D eigenvalue weighted by Gasteiger charge is 2.25. The third kappa shape index (κ3) is 4.71. The summed E-state index contributed by atoms with van der Waals surface area (Å²) in [4.78, 5) is 21.2. The topological polar surface area (TPSA) is 73.8 Å². The number of sulfonamides is 1.